The van der Waals surface area contributed by atoms with E-state index in [2.05, 4.69) is 25.3 Å². The number of nitrogens with two attached hydrogens (primary N) is 1. The molecule has 0 aliphatic heterocycles. The molecule has 2 saturated carbocycles. The van der Waals surface area contributed by atoms with Gasteiger partial charge in [0, 0.05) is 13.6 Å². The van der Waals surface area contributed by atoms with Crippen molar-refractivity contribution in [3.05, 3.63) is 0 Å². The summed E-state index contributed by atoms with van der Waals surface area (Å²) in [6.07, 6.45) is 5.57. The number of rotatable bonds is 5. The lowest BCUT2D eigenvalue weighted by atomic mass is 9.88. The fourth-order valence-corrected chi connectivity index (χ4v) is 3.71. The summed E-state index contributed by atoms with van der Waals surface area (Å²) in [5, 5.41) is 0. The highest BCUT2D eigenvalue weighted by atomic mass is 16.5. The molecule has 0 aromatic carbocycles. The molecule has 0 saturated heterocycles. The first-order valence-corrected chi connectivity index (χ1v) is 7.17. The van der Waals surface area contributed by atoms with Gasteiger partial charge in [-0.1, -0.05) is 6.42 Å². The second-order valence-electron chi connectivity index (χ2n) is 5.91. The summed E-state index contributed by atoms with van der Waals surface area (Å²) in [6.45, 7) is 0.984. The van der Waals surface area contributed by atoms with Gasteiger partial charge in [0.2, 0.25) is 11.9 Å². The predicted molar refractivity (Wildman–Crippen MR) is 76.4 cm³/mol. The number of ether oxygens (including phenoxy) is 1. The number of methoxy groups -OCH3 is 1. The molecule has 1 aromatic heterocycles. The molecule has 2 bridgehead atoms. The minimum Gasteiger partial charge on any atom is -0.467 e. The highest BCUT2D eigenvalue weighted by Crippen LogP contribution is 2.48. The Morgan fingerprint density at radius 1 is 1.30 bits per heavy atom. The largest absolute Gasteiger partial charge is 0.467 e. The van der Waals surface area contributed by atoms with Crippen molar-refractivity contribution in [2.45, 2.75) is 25.7 Å². The van der Waals surface area contributed by atoms with E-state index in [1.807, 2.05) is 7.05 Å². The molecule has 3 atom stereocenters. The summed E-state index contributed by atoms with van der Waals surface area (Å²) >= 11 is 0. The molecule has 2 aliphatic carbocycles. The molecule has 0 amide bonds. The summed E-state index contributed by atoms with van der Waals surface area (Å²) in [5.41, 5.74) is 2.45. The van der Waals surface area contributed by atoms with Crippen molar-refractivity contribution in [2.24, 2.45) is 23.6 Å². The number of nitrogen functional groups attached to an aromatic ring is 1. The van der Waals surface area contributed by atoms with Crippen molar-refractivity contribution in [1.82, 2.24) is 15.0 Å². The molecule has 0 radical (unpaired) electrons. The highest BCUT2D eigenvalue weighted by Gasteiger charge is 2.39. The number of fused-ring (bicyclic) bond motifs is 2. The molecule has 7 heteroatoms. The Morgan fingerprint density at radius 2 is 2.15 bits per heavy atom. The first-order valence-electron chi connectivity index (χ1n) is 7.17. The van der Waals surface area contributed by atoms with Crippen LogP contribution in [0.1, 0.15) is 25.7 Å². The minimum absolute atomic E-state index is 0.280. The molecule has 2 fully saturated rings. The van der Waals surface area contributed by atoms with Gasteiger partial charge in [-0.25, -0.2) is 5.84 Å². The Kier molecular flexibility index (Phi) is 3.60. The monoisotopic (exact) mass is 278 g/mol. The molecule has 3 rings (SSSR count). The number of hydrazine groups is 1. The van der Waals surface area contributed by atoms with E-state index >= 15 is 0 Å². The van der Waals surface area contributed by atoms with E-state index < -0.39 is 0 Å². The van der Waals surface area contributed by atoms with Crippen LogP contribution in [-0.2, 0) is 0 Å². The average molecular weight is 278 g/mol. The van der Waals surface area contributed by atoms with Crippen molar-refractivity contribution in [3.8, 4) is 6.01 Å². The lowest BCUT2D eigenvalue weighted by Gasteiger charge is -2.27. The van der Waals surface area contributed by atoms with Crippen LogP contribution in [0.3, 0.4) is 0 Å². The van der Waals surface area contributed by atoms with Gasteiger partial charge >= 0.3 is 6.01 Å². The predicted octanol–water partition coefficient (Wildman–Crippen LogP) is 1.04. The molecule has 3 unspecified atom stereocenters. The first-order chi connectivity index (χ1) is 9.69. The van der Waals surface area contributed by atoms with Crippen molar-refractivity contribution < 1.29 is 4.74 Å². The number of nitrogens with zero attached hydrogens (tertiary/aromatic N) is 4. The third-order valence-electron chi connectivity index (χ3n) is 4.65. The molecule has 110 valence electrons. The SMILES string of the molecule is COc1nc(NN)nc(N(C)CC2CC3CCC2C3)n1. The van der Waals surface area contributed by atoms with Crippen molar-refractivity contribution in [1.29, 1.82) is 0 Å². The highest BCUT2D eigenvalue weighted by molar-refractivity contribution is 5.37. The van der Waals surface area contributed by atoms with Crippen LogP contribution in [0.4, 0.5) is 11.9 Å². The molecular formula is C13H22N6O. The van der Waals surface area contributed by atoms with Gasteiger partial charge in [0.1, 0.15) is 0 Å². The third kappa shape index (κ3) is 2.49. The van der Waals surface area contributed by atoms with Gasteiger partial charge in [-0.2, -0.15) is 15.0 Å². The fraction of sp³-hybridized carbons (Fsp3) is 0.769. The number of nitrogens with one attached hydrogen (secondary N) is 1. The molecule has 7 nitrogen and oxygen atoms in total. The summed E-state index contributed by atoms with van der Waals surface area (Å²) < 4.78 is 5.08. The quantitative estimate of drug-likeness (QED) is 0.614. The summed E-state index contributed by atoms with van der Waals surface area (Å²) in [5.74, 6) is 8.91. The van der Waals surface area contributed by atoms with Crippen LogP contribution in [0.25, 0.3) is 0 Å². The van der Waals surface area contributed by atoms with Gasteiger partial charge in [-0.3, -0.25) is 5.43 Å². The zero-order valence-corrected chi connectivity index (χ0v) is 12.0. The van der Waals surface area contributed by atoms with Crippen molar-refractivity contribution >= 4 is 11.9 Å². The van der Waals surface area contributed by atoms with Crippen LogP contribution >= 0.6 is 0 Å². The minimum atomic E-state index is 0.280. The fourth-order valence-electron chi connectivity index (χ4n) is 3.71. The lowest BCUT2D eigenvalue weighted by molar-refractivity contribution is 0.335. The maximum absolute atomic E-state index is 5.38. The maximum atomic E-state index is 5.38. The second kappa shape index (κ2) is 5.40. The van der Waals surface area contributed by atoms with Crippen LogP contribution < -0.4 is 20.9 Å². The molecule has 20 heavy (non-hydrogen) atoms. The van der Waals surface area contributed by atoms with E-state index in [4.69, 9.17) is 10.6 Å². The zero-order chi connectivity index (χ0) is 14.1. The Bertz CT molecular complexity index is 460. The standard InChI is InChI=1S/C13H22N6O/c1-19(7-10-6-8-3-4-9(10)5-8)12-15-11(18-14)16-13(17-12)20-2/h8-10H,3-7,14H2,1-2H3,(H,15,16,17,18). The van der Waals surface area contributed by atoms with E-state index in [0.29, 0.717) is 11.9 Å². The average Bonchev–Trinajstić information content (AvgIpc) is 3.09. The molecular weight excluding hydrogens is 256 g/mol. The molecule has 1 aromatic rings. The van der Waals surface area contributed by atoms with Gasteiger partial charge in [-0.05, 0) is 37.0 Å². The topological polar surface area (TPSA) is 89.2 Å². The van der Waals surface area contributed by atoms with Gasteiger partial charge in [-0.15, -0.1) is 0 Å². The first kappa shape index (κ1) is 13.4. The van der Waals surface area contributed by atoms with Crippen LogP contribution in [0, 0.1) is 17.8 Å². The van der Waals surface area contributed by atoms with E-state index in [-0.39, 0.29) is 6.01 Å². The number of aromatic nitrogens is 3. The van der Waals surface area contributed by atoms with Crippen LogP contribution in [0.2, 0.25) is 0 Å². The second-order valence-corrected chi connectivity index (χ2v) is 5.91. The zero-order valence-electron chi connectivity index (χ0n) is 12.0. The molecule has 2 aliphatic rings. The molecule has 1 heterocycles. The van der Waals surface area contributed by atoms with E-state index in [9.17, 15) is 0 Å². The lowest BCUT2D eigenvalue weighted by Crippen LogP contribution is -2.30. The smallest absolute Gasteiger partial charge is 0.322 e. The summed E-state index contributed by atoms with van der Waals surface area (Å²) in [7, 11) is 3.55. The van der Waals surface area contributed by atoms with E-state index in [1.54, 1.807) is 0 Å². The van der Waals surface area contributed by atoms with Crippen LogP contribution in [0.15, 0.2) is 0 Å². The van der Waals surface area contributed by atoms with Crippen molar-refractivity contribution in [2.75, 3.05) is 31.0 Å². The van der Waals surface area contributed by atoms with E-state index in [1.165, 1.54) is 32.8 Å². The molecule has 3 N–H and O–H groups in total. The van der Waals surface area contributed by atoms with Gasteiger partial charge in [0.05, 0.1) is 7.11 Å². The van der Waals surface area contributed by atoms with Gasteiger partial charge < -0.3 is 9.64 Å². The summed E-state index contributed by atoms with van der Waals surface area (Å²) in [4.78, 5) is 14.7. The normalized spacial score (nSPS) is 27.6. The number of anilines is 2. The Hall–Kier alpha value is -1.63. The van der Waals surface area contributed by atoms with Gasteiger partial charge in [0.25, 0.3) is 0 Å². The van der Waals surface area contributed by atoms with Crippen molar-refractivity contribution in [3.63, 3.8) is 0 Å². The Balaban J connectivity index is 1.71. The van der Waals surface area contributed by atoms with Crippen LogP contribution in [-0.4, -0.2) is 35.7 Å². The van der Waals surface area contributed by atoms with Crippen LogP contribution in [0.5, 0.6) is 6.01 Å². The van der Waals surface area contributed by atoms with Gasteiger partial charge in [0.15, 0.2) is 0 Å². The molecule has 0 spiro atoms. The Morgan fingerprint density at radius 3 is 2.75 bits per heavy atom. The Labute approximate surface area is 118 Å². The summed E-state index contributed by atoms with van der Waals surface area (Å²) in [6, 6.07) is 0.280. The van der Waals surface area contributed by atoms with E-state index in [0.717, 1.165) is 24.3 Å². The number of hydrogen-bond acceptors (Lipinski definition) is 7. The number of hydrogen-bond donors (Lipinski definition) is 2. The third-order valence-corrected chi connectivity index (χ3v) is 4.65. The maximum Gasteiger partial charge on any atom is 0.322 e.